The number of carbonyl (C=O) groups is 1. The number of halogens is 2. The second-order valence-electron chi connectivity index (χ2n) is 7.17. The first-order chi connectivity index (χ1) is 14.5. The van der Waals surface area contributed by atoms with Crippen molar-refractivity contribution in [1.82, 2.24) is 16.0 Å². The molecule has 1 aliphatic rings. The van der Waals surface area contributed by atoms with Gasteiger partial charge in [-0.3, -0.25) is 9.79 Å². The smallest absolute Gasteiger partial charge is 0.251 e. The second-order valence-corrected chi connectivity index (χ2v) is 7.17. The predicted molar refractivity (Wildman–Crippen MR) is 115 cm³/mol. The average Bonchev–Trinajstić information content (AvgIpc) is 3.20. The van der Waals surface area contributed by atoms with Crippen LogP contribution in [0.3, 0.4) is 0 Å². The molecule has 8 heteroatoms. The molecule has 1 saturated heterocycles. The monoisotopic (exact) mass is 415 g/mol. The van der Waals surface area contributed by atoms with Gasteiger partial charge in [0.25, 0.3) is 5.91 Å². The third kappa shape index (κ3) is 5.25. The number of nitrogens with zero attached hydrogens (tertiary/aromatic N) is 2. The van der Waals surface area contributed by atoms with Crippen molar-refractivity contribution in [3.8, 4) is 0 Å². The zero-order valence-electron chi connectivity index (χ0n) is 17.2. The second kappa shape index (κ2) is 10.0. The molecule has 2 aromatic carbocycles. The minimum atomic E-state index is -0.544. The Kier molecular flexibility index (Phi) is 7.21. The number of hydrogen-bond acceptors (Lipinski definition) is 3. The Hall–Kier alpha value is -3.16. The van der Waals surface area contributed by atoms with Crippen molar-refractivity contribution in [3.05, 3.63) is 65.2 Å². The lowest BCUT2D eigenvalue weighted by atomic mass is 10.1. The Balaban J connectivity index is 1.50. The molecular weight excluding hydrogens is 388 g/mol. The minimum absolute atomic E-state index is 0.0285. The molecule has 1 fully saturated rings. The minimum Gasteiger partial charge on any atom is -0.365 e. The molecule has 6 nitrogen and oxygen atoms in total. The van der Waals surface area contributed by atoms with Crippen LogP contribution in [0, 0.1) is 11.6 Å². The number of nitrogens with one attached hydrogen (secondary N) is 3. The summed E-state index contributed by atoms with van der Waals surface area (Å²) in [6, 6.07) is 11.4. The summed E-state index contributed by atoms with van der Waals surface area (Å²) >= 11 is 0. The summed E-state index contributed by atoms with van der Waals surface area (Å²) in [4.78, 5) is 17.7. The maximum Gasteiger partial charge on any atom is 0.251 e. The molecule has 0 aromatic heterocycles. The van der Waals surface area contributed by atoms with Crippen LogP contribution in [0.1, 0.15) is 22.3 Å². The van der Waals surface area contributed by atoms with Crippen molar-refractivity contribution in [2.24, 2.45) is 4.99 Å². The van der Waals surface area contributed by atoms with Gasteiger partial charge in [0.2, 0.25) is 0 Å². The van der Waals surface area contributed by atoms with Crippen LogP contribution in [0.2, 0.25) is 0 Å². The van der Waals surface area contributed by atoms with E-state index in [1.807, 2.05) is 18.2 Å². The third-order valence-electron chi connectivity index (χ3n) is 5.13. The Morgan fingerprint density at radius 1 is 1.20 bits per heavy atom. The lowest BCUT2D eigenvalue weighted by molar-refractivity contribution is 0.0963. The van der Waals surface area contributed by atoms with Crippen LogP contribution >= 0.6 is 0 Å². The van der Waals surface area contributed by atoms with Crippen molar-refractivity contribution in [1.29, 1.82) is 0 Å². The highest BCUT2D eigenvalue weighted by molar-refractivity contribution is 5.94. The highest BCUT2D eigenvalue weighted by atomic mass is 19.1. The summed E-state index contributed by atoms with van der Waals surface area (Å²) in [7, 11) is 3.29. The number of hydrogen-bond donors (Lipinski definition) is 3. The van der Waals surface area contributed by atoms with Crippen molar-refractivity contribution >= 4 is 17.6 Å². The highest BCUT2D eigenvalue weighted by Crippen LogP contribution is 2.26. The molecule has 30 heavy (non-hydrogen) atoms. The van der Waals surface area contributed by atoms with Gasteiger partial charge < -0.3 is 20.9 Å². The van der Waals surface area contributed by atoms with E-state index >= 15 is 0 Å². The van der Waals surface area contributed by atoms with E-state index in [0.29, 0.717) is 31.2 Å². The van der Waals surface area contributed by atoms with Crippen LogP contribution in [-0.4, -0.2) is 51.6 Å². The number of carbonyl (C=O) groups excluding carboxylic acids is 1. The quantitative estimate of drug-likeness (QED) is 0.500. The van der Waals surface area contributed by atoms with Gasteiger partial charge in [-0.1, -0.05) is 18.2 Å². The number of benzene rings is 2. The molecule has 0 radical (unpaired) electrons. The van der Waals surface area contributed by atoms with Gasteiger partial charge in [0, 0.05) is 45.3 Å². The standard InChI is InChI=1S/C22H27F2N5O/c1-25-21(30)16-6-3-5-15(13-16)9-11-27-22(26-2)28-17-10-12-29(14-17)20-18(23)7-4-8-19(20)24/h3-8,13,17H,9-12,14H2,1-2H3,(H,25,30)(H2,26,27,28). The number of para-hydroxylation sites is 1. The summed E-state index contributed by atoms with van der Waals surface area (Å²) in [5, 5.41) is 9.19. The third-order valence-corrected chi connectivity index (χ3v) is 5.13. The first-order valence-electron chi connectivity index (χ1n) is 9.99. The number of aliphatic imine (C=N–C) groups is 1. The molecule has 0 bridgehead atoms. The fourth-order valence-electron chi connectivity index (χ4n) is 3.60. The normalized spacial score (nSPS) is 16.5. The van der Waals surface area contributed by atoms with Crippen LogP contribution in [0.5, 0.6) is 0 Å². The summed E-state index contributed by atoms with van der Waals surface area (Å²) in [6.07, 6.45) is 1.48. The molecule has 3 rings (SSSR count). The zero-order valence-corrected chi connectivity index (χ0v) is 17.2. The van der Waals surface area contributed by atoms with Crippen LogP contribution in [0.15, 0.2) is 47.5 Å². The molecule has 1 atom stereocenters. The molecular formula is C22H27F2N5O. The van der Waals surface area contributed by atoms with E-state index in [4.69, 9.17) is 0 Å². The van der Waals surface area contributed by atoms with Gasteiger partial charge in [0.05, 0.1) is 0 Å². The SMILES string of the molecule is CN=C(NCCc1cccc(C(=O)NC)c1)NC1CCN(c2c(F)cccc2F)C1. The van der Waals surface area contributed by atoms with E-state index in [2.05, 4.69) is 20.9 Å². The van der Waals surface area contributed by atoms with Crippen LogP contribution in [-0.2, 0) is 6.42 Å². The number of anilines is 1. The fourth-order valence-corrected chi connectivity index (χ4v) is 3.60. The topological polar surface area (TPSA) is 68.8 Å². The van der Waals surface area contributed by atoms with Gasteiger partial charge in [0.15, 0.2) is 5.96 Å². The van der Waals surface area contributed by atoms with Crippen LogP contribution in [0.25, 0.3) is 0 Å². The largest absolute Gasteiger partial charge is 0.365 e. The summed E-state index contributed by atoms with van der Waals surface area (Å²) in [5.74, 6) is -0.563. The molecule has 1 amide bonds. The fraction of sp³-hybridized carbons (Fsp3) is 0.364. The zero-order chi connectivity index (χ0) is 21.5. The van der Waals surface area contributed by atoms with Crippen molar-refractivity contribution in [3.63, 3.8) is 0 Å². The molecule has 0 spiro atoms. The number of rotatable bonds is 6. The number of guanidine groups is 1. The maximum atomic E-state index is 14.0. The lowest BCUT2D eigenvalue weighted by Crippen LogP contribution is -2.45. The van der Waals surface area contributed by atoms with Gasteiger partial charge in [0.1, 0.15) is 17.3 Å². The predicted octanol–water partition coefficient (Wildman–Crippen LogP) is 2.31. The lowest BCUT2D eigenvalue weighted by Gasteiger charge is -2.21. The molecule has 1 heterocycles. The van der Waals surface area contributed by atoms with E-state index in [9.17, 15) is 13.6 Å². The van der Waals surface area contributed by atoms with Gasteiger partial charge in [-0.2, -0.15) is 0 Å². The maximum absolute atomic E-state index is 14.0. The van der Waals surface area contributed by atoms with E-state index < -0.39 is 11.6 Å². The highest BCUT2D eigenvalue weighted by Gasteiger charge is 2.27. The molecule has 2 aromatic rings. The Labute approximate surface area is 175 Å². The molecule has 1 unspecified atom stereocenters. The molecule has 160 valence electrons. The molecule has 0 saturated carbocycles. The average molecular weight is 415 g/mol. The van der Waals surface area contributed by atoms with Gasteiger partial charge in [-0.25, -0.2) is 8.78 Å². The first-order valence-corrected chi connectivity index (χ1v) is 9.99. The van der Waals surface area contributed by atoms with E-state index in [0.717, 1.165) is 18.4 Å². The van der Waals surface area contributed by atoms with Gasteiger partial charge >= 0.3 is 0 Å². The summed E-state index contributed by atoms with van der Waals surface area (Å²) in [6.45, 7) is 1.70. The van der Waals surface area contributed by atoms with Crippen molar-refractivity contribution < 1.29 is 13.6 Å². The van der Waals surface area contributed by atoms with Crippen LogP contribution < -0.4 is 20.9 Å². The van der Waals surface area contributed by atoms with E-state index in [1.165, 1.54) is 18.2 Å². The number of amides is 1. The summed E-state index contributed by atoms with van der Waals surface area (Å²) < 4.78 is 28.0. The Bertz CT molecular complexity index is 898. The Morgan fingerprint density at radius 2 is 1.93 bits per heavy atom. The van der Waals surface area contributed by atoms with Gasteiger partial charge in [-0.15, -0.1) is 0 Å². The first kappa shape index (κ1) is 21.5. The van der Waals surface area contributed by atoms with Crippen molar-refractivity contribution in [2.75, 3.05) is 38.6 Å². The molecule has 0 aliphatic carbocycles. The van der Waals surface area contributed by atoms with Crippen molar-refractivity contribution in [2.45, 2.75) is 18.9 Å². The van der Waals surface area contributed by atoms with E-state index in [1.54, 1.807) is 25.1 Å². The summed E-state index contributed by atoms with van der Waals surface area (Å²) in [5.41, 5.74) is 1.70. The van der Waals surface area contributed by atoms with Gasteiger partial charge in [-0.05, 0) is 42.7 Å². The molecule has 1 aliphatic heterocycles. The molecule has 3 N–H and O–H groups in total. The Morgan fingerprint density at radius 3 is 2.63 bits per heavy atom. The van der Waals surface area contributed by atoms with E-state index in [-0.39, 0.29) is 17.6 Å². The van der Waals surface area contributed by atoms with Crippen LogP contribution in [0.4, 0.5) is 14.5 Å².